The summed E-state index contributed by atoms with van der Waals surface area (Å²) in [6.07, 6.45) is 1.65. The minimum absolute atomic E-state index is 0.0630. The number of hydrogen-bond donors (Lipinski definition) is 0. The maximum atomic E-state index is 13.5. The molecule has 0 fully saturated rings. The lowest BCUT2D eigenvalue weighted by Gasteiger charge is -2.19. The third kappa shape index (κ3) is 3.81. The minimum atomic E-state index is -0.695. The van der Waals surface area contributed by atoms with Crippen molar-refractivity contribution in [1.82, 2.24) is 9.97 Å². The molecule has 0 radical (unpaired) electrons. The molecule has 152 valence electrons. The highest BCUT2D eigenvalue weighted by Crippen LogP contribution is 2.32. The van der Waals surface area contributed by atoms with Crippen LogP contribution in [0.2, 0.25) is 5.02 Å². The number of para-hydroxylation sites is 1. The van der Waals surface area contributed by atoms with Gasteiger partial charge >= 0.3 is 5.63 Å². The Kier molecular flexibility index (Phi) is 4.97. The Hall–Kier alpha value is -3.55. The zero-order chi connectivity index (χ0) is 21.4. The minimum Gasteiger partial charge on any atom is -0.422 e. The number of pyridine rings is 1. The van der Waals surface area contributed by atoms with Crippen LogP contribution in [0.25, 0.3) is 21.2 Å². The largest absolute Gasteiger partial charge is 0.422 e. The predicted octanol–water partition coefficient (Wildman–Crippen LogP) is 5.30. The highest BCUT2D eigenvalue weighted by molar-refractivity contribution is 7.22. The summed E-state index contributed by atoms with van der Waals surface area (Å²) >= 11 is 7.43. The highest BCUT2D eigenvalue weighted by atomic mass is 35.5. The molecule has 31 heavy (non-hydrogen) atoms. The van der Waals surface area contributed by atoms with Crippen molar-refractivity contribution in [2.24, 2.45) is 0 Å². The summed E-state index contributed by atoms with van der Waals surface area (Å²) in [6.45, 7) is 0.152. The summed E-state index contributed by atoms with van der Waals surface area (Å²) < 4.78 is 6.21. The van der Waals surface area contributed by atoms with Crippen molar-refractivity contribution in [3.63, 3.8) is 0 Å². The Morgan fingerprint density at radius 3 is 2.74 bits per heavy atom. The molecule has 6 nitrogen and oxygen atoms in total. The second-order valence-electron chi connectivity index (χ2n) is 6.81. The van der Waals surface area contributed by atoms with Crippen LogP contribution in [0.4, 0.5) is 5.13 Å². The number of thiazole rings is 1. The Morgan fingerprint density at radius 2 is 1.90 bits per heavy atom. The lowest BCUT2D eigenvalue weighted by atomic mass is 10.1. The smallest absolute Gasteiger partial charge is 0.349 e. The average Bonchev–Trinajstić information content (AvgIpc) is 3.20. The van der Waals surface area contributed by atoms with Crippen LogP contribution in [0.5, 0.6) is 0 Å². The fourth-order valence-corrected chi connectivity index (χ4v) is 4.48. The standard InChI is InChI=1S/C23H14ClN3O3S/c24-15-8-9-18-20(12-15)31-23(26-18)27(13-16-6-3-4-10-25-16)21(28)17-11-14-5-1-2-7-19(14)30-22(17)29/h1-12H,13H2. The number of hydrogen-bond acceptors (Lipinski definition) is 6. The Morgan fingerprint density at radius 1 is 1.06 bits per heavy atom. The van der Waals surface area contributed by atoms with Gasteiger partial charge in [0.15, 0.2) is 5.13 Å². The van der Waals surface area contributed by atoms with E-state index < -0.39 is 11.5 Å². The normalized spacial score (nSPS) is 11.1. The number of carbonyl (C=O) groups is 1. The number of fused-ring (bicyclic) bond motifs is 2. The molecule has 0 bridgehead atoms. The van der Waals surface area contributed by atoms with Crippen molar-refractivity contribution >= 4 is 55.2 Å². The van der Waals surface area contributed by atoms with Gasteiger partial charge in [0.25, 0.3) is 5.91 Å². The monoisotopic (exact) mass is 447 g/mol. The fourth-order valence-electron chi connectivity index (χ4n) is 3.24. The van der Waals surface area contributed by atoms with Crippen molar-refractivity contribution in [3.05, 3.63) is 99.6 Å². The van der Waals surface area contributed by atoms with Crippen LogP contribution in [-0.2, 0) is 6.54 Å². The summed E-state index contributed by atoms with van der Waals surface area (Å²) in [5.74, 6) is -0.504. The van der Waals surface area contributed by atoms with Gasteiger partial charge in [-0.05, 0) is 42.5 Å². The lowest BCUT2D eigenvalue weighted by Crippen LogP contribution is -2.33. The van der Waals surface area contributed by atoms with Gasteiger partial charge in [0, 0.05) is 16.6 Å². The molecule has 2 aromatic carbocycles. The second kappa shape index (κ2) is 7.94. The molecule has 0 unspecified atom stereocenters. The first-order chi connectivity index (χ1) is 15.1. The molecular weight excluding hydrogens is 434 g/mol. The van der Waals surface area contributed by atoms with Crippen LogP contribution in [0, 0.1) is 0 Å². The summed E-state index contributed by atoms with van der Waals surface area (Å²) in [5.41, 5.74) is 1.05. The molecule has 8 heteroatoms. The van der Waals surface area contributed by atoms with Gasteiger partial charge < -0.3 is 4.42 Å². The molecule has 0 aliphatic rings. The molecule has 0 spiro atoms. The number of carbonyl (C=O) groups excluding carboxylic acids is 1. The number of benzene rings is 2. The number of rotatable bonds is 4. The first-order valence-corrected chi connectivity index (χ1v) is 10.6. The van der Waals surface area contributed by atoms with Crippen molar-refractivity contribution < 1.29 is 9.21 Å². The van der Waals surface area contributed by atoms with E-state index >= 15 is 0 Å². The van der Waals surface area contributed by atoms with Crippen LogP contribution in [-0.4, -0.2) is 15.9 Å². The summed E-state index contributed by atoms with van der Waals surface area (Å²) in [4.78, 5) is 36.5. The SMILES string of the molecule is O=C(c1cc2ccccc2oc1=O)N(Cc1ccccn1)c1nc2ccc(Cl)cc2s1. The van der Waals surface area contributed by atoms with E-state index in [4.69, 9.17) is 16.0 Å². The van der Waals surface area contributed by atoms with E-state index in [1.165, 1.54) is 16.2 Å². The molecule has 5 aromatic rings. The maximum absolute atomic E-state index is 13.5. The zero-order valence-electron chi connectivity index (χ0n) is 16.0. The fraction of sp³-hybridized carbons (Fsp3) is 0.0435. The quantitative estimate of drug-likeness (QED) is 0.349. The molecule has 0 saturated heterocycles. The van der Waals surface area contributed by atoms with Crippen LogP contribution < -0.4 is 10.5 Å². The second-order valence-corrected chi connectivity index (χ2v) is 8.25. The van der Waals surface area contributed by atoms with E-state index in [0.29, 0.717) is 32.3 Å². The number of halogens is 1. The topological polar surface area (TPSA) is 76.3 Å². The van der Waals surface area contributed by atoms with Crippen LogP contribution in [0.3, 0.4) is 0 Å². The third-order valence-corrected chi connectivity index (χ3v) is 6.01. The van der Waals surface area contributed by atoms with Gasteiger partial charge in [0.1, 0.15) is 11.1 Å². The molecular formula is C23H14ClN3O3S. The summed E-state index contributed by atoms with van der Waals surface area (Å²) in [5, 5.41) is 1.69. The number of nitrogens with zero attached hydrogens (tertiary/aromatic N) is 3. The number of amides is 1. The van der Waals surface area contributed by atoms with Gasteiger partial charge in [-0.2, -0.15) is 0 Å². The first-order valence-electron chi connectivity index (χ1n) is 9.39. The van der Waals surface area contributed by atoms with Crippen molar-refractivity contribution in [1.29, 1.82) is 0 Å². The number of anilines is 1. The first kappa shape index (κ1) is 19.4. The molecule has 0 N–H and O–H groups in total. The molecule has 5 rings (SSSR count). The highest BCUT2D eigenvalue weighted by Gasteiger charge is 2.25. The Balaban J connectivity index is 1.63. The van der Waals surface area contributed by atoms with Gasteiger partial charge in [-0.3, -0.25) is 14.7 Å². The van der Waals surface area contributed by atoms with Gasteiger partial charge in [-0.1, -0.05) is 47.2 Å². The van der Waals surface area contributed by atoms with E-state index in [0.717, 1.165) is 4.70 Å². The average molecular weight is 448 g/mol. The van der Waals surface area contributed by atoms with Crippen molar-refractivity contribution in [3.8, 4) is 0 Å². The summed E-state index contributed by atoms with van der Waals surface area (Å²) in [7, 11) is 0. The molecule has 3 heterocycles. The maximum Gasteiger partial charge on any atom is 0.349 e. The molecule has 0 aliphatic heterocycles. The third-order valence-electron chi connectivity index (χ3n) is 4.73. The van der Waals surface area contributed by atoms with Crippen LogP contribution in [0.15, 0.2) is 82.1 Å². The molecule has 0 saturated carbocycles. The van der Waals surface area contributed by atoms with E-state index in [9.17, 15) is 9.59 Å². The van der Waals surface area contributed by atoms with Gasteiger partial charge in [-0.15, -0.1) is 0 Å². The van der Waals surface area contributed by atoms with Gasteiger partial charge in [0.05, 0.1) is 22.5 Å². The van der Waals surface area contributed by atoms with E-state index in [-0.39, 0.29) is 12.1 Å². The van der Waals surface area contributed by atoms with Gasteiger partial charge in [0.2, 0.25) is 0 Å². The zero-order valence-corrected chi connectivity index (χ0v) is 17.6. The van der Waals surface area contributed by atoms with Crippen LogP contribution >= 0.6 is 22.9 Å². The van der Waals surface area contributed by atoms with Crippen molar-refractivity contribution in [2.75, 3.05) is 4.90 Å². The lowest BCUT2D eigenvalue weighted by molar-refractivity contribution is 0.0981. The van der Waals surface area contributed by atoms with E-state index in [1.807, 2.05) is 18.2 Å². The molecule has 3 aromatic heterocycles. The van der Waals surface area contributed by atoms with E-state index in [2.05, 4.69) is 9.97 Å². The molecule has 0 atom stereocenters. The number of aromatic nitrogens is 2. The Bertz CT molecular complexity index is 1480. The van der Waals surface area contributed by atoms with Crippen molar-refractivity contribution in [2.45, 2.75) is 6.54 Å². The Labute approximate surface area is 185 Å². The summed E-state index contributed by atoms with van der Waals surface area (Å²) in [6, 6.07) is 19.4. The molecule has 0 aliphatic carbocycles. The predicted molar refractivity (Wildman–Crippen MR) is 122 cm³/mol. The van der Waals surface area contributed by atoms with E-state index in [1.54, 1.807) is 54.7 Å². The van der Waals surface area contributed by atoms with Crippen LogP contribution in [0.1, 0.15) is 16.1 Å². The molecule has 1 amide bonds. The van der Waals surface area contributed by atoms with Gasteiger partial charge in [-0.25, -0.2) is 9.78 Å².